The van der Waals surface area contributed by atoms with Crippen LogP contribution >= 0.6 is 0 Å². The fraction of sp³-hybridized carbons (Fsp3) is 0.455. The van der Waals surface area contributed by atoms with E-state index in [1.165, 1.54) is 5.56 Å². The zero-order valence-electron chi connectivity index (χ0n) is 16.6. The van der Waals surface area contributed by atoms with E-state index in [4.69, 9.17) is 9.15 Å². The lowest BCUT2D eigenvalue weighted by Gasteiger charge is -2.39. The van der Waals surface area contributed by atoms with Gasteiger partial charge in [0.1, 0.15) is 11.8 Å². The van der Waals surface area contributed by atoms with Crippen molar-refractivity contribution in [1.82, 2.24) is 4.90 Å². The summed E-state index contributed by atoms with van der Waals surface area (Å²) >= 11 is 0. The van der Waals surface area contributed by atoms with Crippen LogP contribution < -0.4 is 10.5 Å². The maximum absolute atomic E-state index is 12.8. The molecule has 0 unspecified atom stereocenters. The third-order valence-corrected chi connectivity index (χ3v) is 5.86. The third kappa shape index (κ3) is 3.22. The summed E-state index contributed by atoms with van der Waals surface area (Å²) in [7, 11) is 1.90. The molecule has 2 aliphatic heterocycles. The first kappa shape index (κ1) is 18.7. The summed E-state index contributed by atoms with van der Waals surface area (Å²) < 4.78 is 10.7. The van der Waals surface area contributed by atoms with Crippen LogP contribution in [0.15, 0.2) is 45.6 Å². The molecule has 0 radical (unpaired) electrons. The van der Waals surface area contributed by atoms with Gasteiger partial charge in [-0.25, -0.2) is 4.79 Å². The molecule has 0 aliphatic carbocycles. The standard InChI is InChI=1S/C22H26N2O4/c1-4-27-21(25)18-11-16-13-24(12-15-8-6-5-7-9-15)17-10-14(2)28-22(26)19(17)20(16)23(18)3/h5-10,16,18,20H,4,11-13H2,1-3H3/t16-,18-,20-/m0/s1. The highest BCUT2D eigenvalue weighted by molar-refractivity contribution is 5.76. The normalized spacial score (nSPS) is 24.0. The lowest BCUT2D eigenvalue weighted by Crippen LogP contribution is -2.42. The summed E-state index contributed by atoms with van der Waals surface area (Å²) in [6.07, 6.45) is 0.679. The van der Waals surface area contributed by atoms with Gasteiger partial charge in [0.2, 0.25) is 0 Å². The van der Waals surface area contributed by atoms with Crippen LogP contribution in [0.4, 0.5) is 5.69 Å². The Morgan fingerprint density at radius 1 is 1.29 bits per heavy atom. The minimum absolute atomic E-state index is 0.131. The average Bonchev–Trinajstić information content (AvgIpc) is 2.99. The lowest BCUT2D eigenvalue weighted by molar-refractivity contribution is -0.148. The Balaban J connectivity index is 1.73. The quantitative estimate of drug-likeness (QED) is 0.758. The second-order valence-corrected chi connectivity index (χ2v) is 7.68. The van der Waals surface area contributed by atoms with Crippen LogP contribution in [-0.2, 0) is 16.1 Å². The fourth-order valence-electron chi connectivity index (χ4n) is 4.70. The molecule has 0 N–H and O–H groups in total. The van der Waals surface area contributed by atoms with Crippen molar-refractivity contribution in [3.05, 3.63) is 63.7 Å². The Morgan fingerprint density at radius 3 is 2.75 bits per heavy atom. The van der Waals surface area contributed by atoms with Crippen molar-refractivity contribution in [2.75, 3.05) is 25.1 Å². The van der Waals surface area contributed by atoms with E-state index in [0.29, 0.717) is 30.9 Å². The summed E-state index contributed by atoms with van der Waals surface area (Å²) in [6.45, 7) is 5.47. The van der Waals surface area contributed by atoms with Crippen molar-refractivity contribution in [2.45, 2.75) is 38.9 Å². The van der Waals surface area contributed by atoms with E-state index in [1.807, 2.05) is 43.1 Å². The Labute approximate surface area is 164 Å². The highest BCUT2D eigenvalue weighted by Gasteiger charge is 2.49. The zero-order chi connectivity index (χ0) is 19.8. The first-order chi connectivity index (χ1) is 13.5. The van der Waals surface area contributed by atoms with Crippen LogP contribution in [0.25, 0.3) is 0 Å². The predicted octanol–water partition coefficient (Wildman–Crippen LogP) is 2.89. The Bertz CT molecular complexity index is 924. The van der Waals surface area contributed by atoms with Crippen LogP contribution in [0, 0.1) is 12.8 Å². The van der Waals surface area contributed by atoms with Gasteiger partial charge in [0.25, 0.3) is 0 Å². The number of esters is 1. The average molecular weight is 382 g/mol. The van der Waals surface area contributed by atoms with Gasteiger partial charge in [-0.05, 0) is 38.8 Å². The van der Waals surface area contributed by atoms with Gasteiger partial charge in [0.15, 0.2) is 0 Å². The monoisotopic (exact) mass is 382 g/mol. The molecule has 6 nitrogen and oxygen atoms in total. The summed E-state index contributed by atoms with van der Waals surface area (Å²) in [4.78, 5) is 29.5. The lowest BCUT2D eigenvalue weighted by atomic mass is 9.88. The molecule has 0 amide bonds. The van der Waals surface area contributed by atoms with E-state index in [-0.39, 0.29) is 29.6 Å². The molecule has 2 aliphatic rings. The number of nitrogens with zero attached hydrogens (tertiary/aromatic N) is 2. The van der Waals surface area contributed by atoms with Crippen molar-refractivity contribution in [1.29, 1.82) is 0 Å². The van der Waals surface area contributed by atoms with E-state index in [0.717, 1.165) is 12.2 Å². The summed E-state index contributed by atoms with van der Waals surface area (Å²) in [5.74, 6) is 0.552. The van der Waals surface area contributed by atoms with Crippen molar-refractivity contribution in [3.8, 4) is 0 Å². The van der Waals surface area contributed by atoms with E-state index < -0.39 is 0 Å². The van der Waals surface area contributed by atoms with Crippen molar-refractivity contribution < 1.29 is 13.9 Å². The second kappa shape index (κ2) is 7.43. The van der Waals surface area contributed by atoms with Crippen molar-refractivity contribution in [2.24, 2.45) is 5.92 Å². The maximum Gasteiger partial charge on any atom is 0.342 e. The number of hydrogen-bond donors (Lipinski definition) is 0. The first-order valence-electron chi connectivity index (χ1n) is 9.81. The summed E-state index contributed by atoms with van der Waals surface area (Å²) in [5.41, 5.74) is 2.45. The fourth-order valence-corrected chi connectivity index (χ4v) is 4.70. The molecular formula is C22H26N2O4. The molecule has 1 aromatic carbocycles. The number of fused-ring (bicyclic) bond motifs is 3. The van der Waals surface area contributed by atoms with Gasteiger partial charge in [-0.15, -0.1) is 0 Å². The molecule has 0 saturated carbocycles. The van der Waals surface area contributed by atoms with Crippen LogP contribution in [0.1, 0.15) is 36.3 Å². The number of anilines is 1. The number of likely N-dealkylation sites (tertiary alicyclic amines) is 1. The second-order valence-electron chi connectivity index (χ2n) is 7.68. The molecule has 3 atom stereocenters. The van der Waals surface area contributed by atoms with Crippen LogP contribution in [0.2, 0.25) is 0 Å². The topological polar surface area (TPSA) is 63.0 Å². The minimum atomic E-state index is -0.333. The first-order valence-corrected chi connectivity index (χ1v) is 9.81. The largest absolute Gasteiger partial charge is 0.465 e. The molecule has 1 aromatic heterocycles. The van der Waals surface area contributed by atoms with Gasteiger partial charge < -0.3 is 14.1 Å². The maximum atomic E-state index is 12.8. The van der Waals surface area contributed by atoms with Gasteiger partial charge in [0, 0.05) is 25.2 Å². The molecule has 4 rings (SSSR count). The van der Waals surface area contributed by atoms with E-state index in [1.54, 1.807) is 6.92 Å². The van der Waals surface area contributed by atoms with Gasteiger partial charge in [-0.3, -0.25) is 9.69 Å². The molecule has 1 saturated heterocycles. The number of hydrogen-bond acceptors (Lipinski definition) is 6. The molecular weight excluding hydrogens is 356 g/mol. The molecule has 0 bridgehead atoms. The number of benzene rings is 1. The number of rotatable bonds is 4. The highest BCUT2D eigenvalue weighted by atomic mass is 16.5. The van der Waals surface area contributed by atoms with E-state index in [2.05, 4.69) is 17.0 Å². The van der Waals surface area contributed by atoms with Crippen molar-refractivity contribution >= 4 is 11.7 Å². The van der Waals surface area contributed by atoms with Crippen molar-refractivity contribution in [3.63, 3.8) is 0 Å². The van der Waals surface area contributed by atoms with Gasteiger partial charge in [0.05, 0.1) is 17.9 Å². The number of carbonyl (C=O) groups is 1. The van der Waals surface area contributed by atoms with Gasteiger partial charge >= 0.3 is 11.6 Å². The third-order valence-electron chi connectivity index (χ3n) is 5.86. The van der Waals surface area contributed by atoms with Gasteiger partial charge in [-0.2, -0.15) is 0 Å². The molecule has 2 aromatic rings. The number of carbonyl (C=O) groups excluding carboxylic acids is 1. The summed E-state index contributed by atoms with van der Waals surface area (Å²) in [5, 5.41) is 0. The minimum Gasteiger partial charge on any atom is -0.465 e. The molecule has 28 heavy (non-hydrogen) atoms. The Morgan fingerprint density at radius 2 is 2.04 bits per heavy atom. The van der Waals surface area contributed by atoms with Gasteiger partial charge in [-0.1, -0.05) is 30.3 Å². The van der Waals surface area contributed by atoms with Crippen LogP contribution in [-0.4, -0.2) is 37.1 Å². The number of aryl methyl sites for hydroxylation is 1. The molecule has 3 heterocycles. The summed E-state index contributed by atoms with van der Waals surface area (Å²) in [6, 6.07) is 11.7. The molecule has 6 heteroatoms. The molecule has 1 fully saturated rings. The molecule has 0 spiro atoms. The smallest absolute Gasteiger partial charge is 0.342 e. The highest BCUT2D eigenvalue weighted by Crippen LogP contribution is 2.47. The van der Waals surface area contributed by atoms with Crippen LogP contribution in [0.5, 0.6) is 0 Å². The Hall–Kier alpha value is -2.60. The zero-order valence-corrected chi connectivity index (χ0v) is 16.6. The predicted molar refractivity (Wildman–Crippen MR) is 106 cm³/mol. The Kier molecular flexibility index (Phi) is 4.98. The van der Waals surface area contributed by atoms with E-state index in [9.17, 15) is 9.59 Å². The number of ether oxygens (including phenoxy) is 1. The van der Waals surface area contributed by atoms with E-state index >= 15 is 0 Å². The SMILES string of the molecule is CCOC(=O)[C@@H]1C[C@H]2CN(Cc3ccccc3)c3cc(C)oc(=O)c3[C@H]2N1C. The number of likely N-dealkylation sites (N-methyl/N-ethyl adjacent to an activating group) is 1. The molecule has 148 valence electrons. The van der Waals surface area contributed by atoms with Crippen LogP contribution in [0.3, 0.4) is 0 Å².